The van der Waals surface area contributed by atoms with Crippen LogP contribution in [0, 0.1) is 27.4 Å². The predicted octanol–water partition coefficient (Wildman–Crippen LogP) is 4.08. The number of rotatable bonds is 7. The molecule has 0 spiro atoms. The van der Waals surface area contributed by atoms with Gasteiger partial charge in [0.1, 0.15) is 0 Å². The van der Waals surface area contributed by atoms with Crippen LogP contribution in [0.3, 0.4) is 0 Å². The van der Waals surface area contributed by atoms with Crippen molar-refractivity contribution in [2.24, 2.45) is 17.3 Å². The number of nitrogens with zero attached hydrogens (tertiary/aromatic N) is 1. The largest absolute Gasteiger partial charge is 0.457 e. The van der Waals surface area contributed by atoms with E-state index in [-0.39, 0.29) is 53.1 Å². The molecule has 1 saturated carbocycles. The number of hydrogen-bond acceptors (Lipinski definition) is 5. The fourth-order valence-corrected chi connectivity index (χ4v) is 4.67. The predicted molar refractivity (Wildman–Crippen MR) is 114 cm³/mol. The maximum absolute atomic E-state index is 13.1. The van der Waals surface area contributed by atoms with E-state index in [2.05, 4.69) is 5.32 Å². The highest BCUT2D eigenvalue weighted by Crippen LogP contribution is 2.49. The lowest BCUT2D eigenvalue weighted by Gasteiger charge is -2.34. The van der Waals surface area contributed by atoms with E-state index in [1.54, 1.807) is 0 Å². The van der Waals surface area contributed by atoms with Crippen LogP contribution in [0.5, 0.6) is 0 Å². The first-order chi connectivity index (χ1) is 13.1. The zero-order valence-electron chi connectivity index (χ0n) is 19.5. The summed E-state index contributed by atoms with van der Waals surface area (Å²) >= 11 is 0. The molecule has 1 heterocycles. The van der Waals surface area contributed by atoms with Crippen LogP contribution in [0.15, 0.2) is 0 Å². The van der Waals surface area contributed by atoms with Gasteiger partial charge in [-0.15, -0.1) is 0 Å². The van der Waals surface area contributed by atoms with Gasteiger partial charge in [-0.25, -0.2) is 0 Å². The van der Waals surface area contributed by atoms with Gasteiger partial charge in [-0.05, 0) is 80.0 Å². The maximum Gasteiger partial charge on any atom is 0.457 e. The van der Waals surface area contributed by atoms with Gasteiger partial charge >= 0.3 is 7.12 Å². The Morgan fingerprint density at radius 1 is 1.17 bits per heavy atom. The van der Waals surface area contributed by atoms with Crippen LogP contribution in [0.2, 0.25) is 6.32 Å². The number of hydrogen-bond donors (Lipinski definition) is 1. The van der Waals surface area contributed by atoms with Gasteiger partial charge in [-0.1, -0.05) is 13.3 Å². The minimum absolute atomic E-state index is 0.0106. The van der Waals surface area contributed by atoms with Crippen LogP contribution in [0.1, 0.15) is 81.1 Å². The average Bonchev–Trinajstić information content (AvgIpc) is 2.91. The van der Waals surface area contributed by atoms with Gasteiger partial charge in [0.15, 0.2) is 0 Å². The first kappa shape index (κ1) is 24.1. The zero-order chi connectivity index (χ0) is 22.3. The molecular formula is C21H39BN2O5. The Morgan fingerprint density at radius 3 is 2.21 bits per heavy atom. The fraction of sp³-hybridized carbons (Fsp3) is 0.952. The molecule has 2 aliphatic rings. The molecule has 1 N–H and O–H groups in total. The van der Waals surface area contributed by atoms with Crippen LogP contribution in [-0.4, -0.2) is 41.2 Å². The van der Waals surface area contributed by atoms with Crippen molar-refractivity contribution >= 4 is 13.0 Å². The summed E-state index contributed by atoms with van der Waals surface area (Å²) in [4.78, 5) is 23.9. The third kappa shape index (κ3) is 5.72. The summed E-state index contributed by atoms with van der Waals surface area (Å²) in [5.41, 5.74) is -1.59. The van der Waals surface area contributed by atoms with Crippen molar-refractivity contribution < 1.29 is 19.0 Å². The summed E-state index contributed by atoms with van der Waals surface area (Å²) in [5.74, 6) is 0.0799. The molecule has 0 aromatic carbocycles. The van der Waals surface area contributed by atoms with Gasteiger partial charge in [0.05, 0.1) is 11.2 Å². The maximum atomic E-state index is 13.1. The Labute approximate surface area is 176 Å². The molecular weight excluding hydrogens is 371 g/mol. The number of nitro groups is 1. The monoisotopic (exact) mass is 410 g/mol. The minimum Gasteiger partial charge on any atom is -0.403 e. The Kier molecular flexibility index (Phi) is 6.80. The molecule has 7 nitrogen and oxygen atoms in total. The molecule has 0 aromatic rings. The molecule has 8 heteroatoms. The van der Waals surface area contributed by atoms with E-state index in [1.807, 2.05) is 55.4 Å². The van der Waals surface area contributed by atoms with Crippen molar-refractivity contribution in [1.82, 2.24) is 5.32 Å². The topological polar surface area (TPSA) is 90.7 Å². The zero-order valence-corrected chi connectivity index (χ0v) is 19.5. The van der Waals surface area contributed by atoms with Crippen molar-refractivity contribution in [3.8, 4) is 0 Å². The smallest absolute Gasteiger partial charge is 0.403 e. The number of carbonyl (C=O) groups is 1. The minimum atomic E-state index is -0.579. The van der Waals surface area contributed by atoms with Gasteiger partial charge < -0.3 is 14.6 Å². The van der Waals surface area contributed by atoms with Crippen LogP contribution in [0.25, 0.3) is 0 Å². The Hall–Kier alpha value is -1.15. The molecule has 1 amide bonds. The Balaban J connectivity index is 2.01. The van der Waals surface area contributed by atoms with Crippen LogP contribution in [0.4, 0.5) is 0 Å². The molecule has 1 aliphatic carbocycles. The van der Waals surface area contributed by atoms with Crippen molar-refractivity contribution in [2.75, 3.05) is 6.54 Å². The molecule has 29 heavy (non-hydrogen) atoms. The van der Waals surface area contributed by atoms with Gasteiger partial charge in [-0.3, -0.25) is 14.9 Å². The lowest BCUT2D eigenvalue weighted by molar-refractivity contribution is -0.488. The molecule has 2 rings (SSSR count). The highest BCUT2D eigenvalue weighted by Gasteiger charge is 2.52. The van der Waals surface area contributed by atoms with Gasteiger partial charge in [0.25, 0.3) is 0 Å². The molecule has 1 aliphatic heterocycles. The van der Waals surface area contributed by atoms with E-state index in [0.717, 1.165) is 25.6 Å². The normalized spacial score (nSPS) is 31.1. The van der Waals surface area contributed by atoms with Crippen LogP contribution in [-0.2, 0) is 14.1 Å². The second-order valence-corrected chi connectivity index (χ2v) is 11.3. The van der Waals surface area contributed by atoms with Crippen LogP contribution >= 0.6 is 0 Å². The molecule has 0 radical (unpaired) electrons. The van der Waals surface area contributed by atoms with E-state index in [1.165, 1.54) is 0 Å². The van der Waals surface area contributed by atoms with Gasteiger partial charge in [0.2, 0.25) is 12.5 Å². The van der Waals surface area contributed by atoms with E-state index in [4.69, 9.17) is 9.31 Å². The van der Waals surface area contributed by atoms with Crippen LogP contribution < -0.4 is 5.32 Å². The molecule has 3 atom stereocenters. The molecule has 2 fully saturated rings. The highest BCUT2D eigenvalue weighted by molar-refractivity contribution is 6.45. The fourth-order valence-electron chi connectivity index (χ4n) is 4.67. The quantitative estimate of drug-likeness (QED) is 0.388. The van der Waals surface area contributed by atoms with Crippen molar-refractivity contribution in [1.29, 1.82) is 0 Å². The summed E-state index contributed by atoms with van der Waals surface area (Å²) in [7, 11) is -0.245. The summed E-state index contributed by atoms with van der Waals surface area (Å²) < 4.78 is 12.2. The average molecular weight is 410 g/mol. The first-order valence-electron chi connectivity index (χ1n) is 10.9. The molecule has 1 saturated heterocycles. The van der Waals surface area contributed by atoms with E-state index in [9.17, 15) is 14.9 Å². The number of carbonyl (C=O) groups excluding carboxylic acids is 1. The van der Waals surface area contributed by atoms with Gasteiger partial charge in [-0.2, -0.15) is 0 Å². The SMILES string of the molecule is CC(C)(C)NC(=O)[C@]1(C)C[C@@H](C[N+](=O)[O-])C[C@@H]1CCCB1OC(C)(C)C(C)(C)O1. The second-order valence-electron chi connectivity index (χ2n) is 11.3. The summed E-state index contributed by atoms with van der Waals surface area (Å²) in [6.07, 6.45) is 3.76. The van der Waals surface area contributed by atoms with Crippen molar-refractivity contribution in [3.05, 3.63) is 10.1 Å². The lowest BCUT2D eigenvalue weighted by atomic mass is 9.73. The molecule has 0 unspecified atom stereocenters. The Bertz CT molecular complexity index is 615. The molecule has 166 valence electrons. The third-order valence-corrected chi connectivity index (χ3v) is 6.94. The second kappa shape index (κ2) is 8.18. The standard InChI is InChI=1S/C21H39BN2O5/c1-18(2,3)23-17(25)21(8)13-15(14-24(26)27)12-16(21)10-9-11-22-28-19(4,5)20(6,7)29-22/h15-16H,9-14H2,1-8H3,(H,23,25)/t15-,16-,21+/m0/s1. The van der Waals surface area contributed by atoms with E-state index < -0.39 is 5.41 Å². The Morgan fingerprint density at radius 2 is 1.72 bits per heavy atom. The van der Waals surface area contributed by atoms with Crippen molar-refractivity contribution in [2.45, 2.75) is 104 Å². The number of nitrogens with one attached hydrogen (secondary N) is 1. The first-order valence-corrected chi connectivity index (χ1v) is 10.9. The van der Waals surface area contributed by atoms with E-state index in [0.29, 0.717) is 6.42 Å². The third-order valence-electron chi connectivity index (χ3n) is 6.94. The lowest BCUT2D eigenvalue weighted by Crippen LogP contribution is -2.49. The van der Waals surface area contributed by atoms with Gasteiger partial charge in [0, 0.05) is 21.8 Å². The highest BCUT2D eigenvalue weighted by atomic mass is 16.7. The summed E-state index contributed by atoms with van der Waals surface area (Å²) in [6.45, 7) is 16.0. The molecule has 0 bridgehead atoms. The van der Waals surface area contributed by atoms with Crippen molar-refractivity contribution in [3.63, 3.8) is 0 Å². The van der Waals surface area contributed by atoms with E-state index >= 15 is 0 Å². The summed E-state index contributed by atoms with van der Waals surface area (Å²) in [5, 5.41) is 14.2. The molecule has 0 aromatic heterocycles. The number of amides is 1. The summed E-state index contributed by atoms with van der Waals surface area (Å²) in [6, 6.07) is 0.